The van der Waals surface area contributed by atoms with Crippen molar-refractivity contribution in [3.63, 3.8) is 0 Å². The van der Waals surface area contributed by atoms with Gasteiger partial charge in [0, 0.05) is 21.5 Å². The molecule has 0 fully saturated rings. The smallest absolute Gasteiger partial charge is 0.0551 e. The molecule has 1 aromatic heterocycles. The van der Waals surface area contributed by atoms with Gasteiger partial charge < -0.3 is 4.98 Å². The van der Waals surface area contributed by atoms with E-state index in [0.29, 0.717) is 0 Å². The average Bonchev–Trinajstić information content (AvgIpc) is 3.38. The van der Waals surface area contributed by atoms with E-state index < -0.39 is 0 Å². The van der Waals surface area contributed by atoms with Crippen LogP contribution in [0.5, 0.6) is 0 Å². The van der Waals surface area contributed by atoms with E-state index in [1.165, 1.54) is 76.4 Å². The first-order valence-corrected chi connectivity index (χ1v) is 10.8. The van der Waals surface area contributed by atoms with Crippen molar-refractivity contribution < 1.29 is 0 Å². The van der Waals surface area contributed by atoms with Crippen molar-refractivity contribution in [3.8, 4) is 22.3 Å². The summed E-state index contributed by atoms with van der Waals surface area (Å²) in [7, 11) is 0. The summed E-state index contributed by atoms with van der Waals surface area (Å²) in [5.41, 5.74) is 7.86. The van der Waals surface area contributed by atoms with E-state index in [1.807, 2.05) is 0 Å². The molecule has 8 rings (SSSR count). The van der Waals surface area contributed by atoms with Gasteiger partial charge >= 0.3 is 0 Å². The van der Waals surface area contributed by atoms with Gasteiger partial charge in [0.05, 0.1) is 11.0 Å². The molecule has 1 aliphatic carbocycles. The van der Waals surface area contributed by atoms with E-state index in [-0.39, 0.29) is 0 Å². The average molecular weight is 391 g/mol. The van der Waals surface area contributed by atoms with Crippen LogP contribution in [0.3, 0.4) is 0 Å². The van der Waals surface area contributed by atoms with Crippen molar-refractivity contribution in [3.05, 3.63) is 97.1 Å². The van der Waals surface area contributed by atoms with Gasteiger partial charge in [-0.05, 0) is 49.9 Å². The molecule has 0 atom stereocenters. The highest BCUT2D eigenvalue weighted by Gasteiger charge is 2.24. The van der Waals surface area contributed by atoms with Gasteiger partial charge in [-0.1, -0.05) is 91.0 Å². The summed E-state index contributed by atoms with van der Waals surface area (Å²) in [6.07, 6.45) is 0. The molecule has 0 aliphatic heterocycles. The molecule has 1 aliphatic rings. The number of hydrogen-bond donors (Lipinski definition) is 1. The zero-order valence-electron chi connectivity index (χ0n) is 16.7. The molecular weight excluding hydrogens is 374 g/mol. The van der Waals surface area contributed by atoms with Gasteiger partial charge in [-0.15, -0.1) is 0 Å². The first-order valence-electron chi connectivity index (χ1n) is 10.8. The van der Waals surface area contributed by atoms with Crippen molar-refractivity contribution >= 4 is 54.1 Å². The fraction of sp³-hybridized carbons (Fsp3) is 0. The molecule has 7 aromatic rings. The maximum absolute atomic E-state index is 3.87. The quantitative estimate of drug-likeness (QED) is 0.250. The SMILES string of the molecule is c1ccc2c(c1)-c1cccc3c1c-2cc1c3[nH]c2c3ccccc3c3ccccc3c12. The Hall–Kier alpha value is -4.10. The lowest BCUT2D eigenvalue weighted by atomic mass is 9.95. The Balaban J connectivity index is 1.70. The largest absolute Gasteiger partial charge is 0.353 e. The Labute approximate surface area is 178 Å². The highest BCUT2D eigenvalue weighted by atomic mass is 14.7. The van der Waals surface area contributed by atoms with Crippen LogP contribution < -0.4 is 0 Å². The molecule has 142 valence electrons. The van der Waals surface area contributed by atoms with E-state index in [4.69, 9.17) is 0 Å². The van der Waals surface area contributed by atoms with Gasteiger partial charge in [0.1, 0.15) is 0 Å². The fourth-order valence-electron chi connectivity index (χ4n) is 5.88. The Morgan fingerprint density at radius 2 is 0.935 bits per heavy atom. The van der Waals surface area contributed by atoms with Crippen molar-refractivity contribution in [1.29, 1.82) is 0 Å². The minimum atomic E-state index is 1.24. The second kappa shape index (κ2) is 5.33. The van der Waals surface area contributed by atoms with Crippen molar-refractivity contribution in [1.82, 2.24) is 4.98 Å². The Kier molecular flexibility index (Phi) is 2.70. The number of benzene rings is 6. The zero-order chi connectivity index (χ0) is 20.1. The maximum atomic E-state index is 3.87. The molecule has 0 spiro atoms. The standard InChI is InChI=1S/C30H17N/c1-2-11-20-18(9-1)21-14-7-15-24-27(21)25(20)16-26-28-22-12-5-3-8-17(22)19-10-4-6-13-23(19)30(28)31-29(24)26/h1-16,31H. The monoisotopic (exact) mass is 391 g/mol. The van der Waals surface area contributed by atoms with Crippen molar-refractivity contribution in [2.75, 3.05) is 0 Å². The van der Waals surface area contributed by atoms with E-state index in [1.54, 1.807) is 0 Å². The Morgan fingerprint density at radius 1 is 0.355 bits per heavy atom. The number of aromatic amines is 1. The molecule has 0 bridgehead atoms. The van der Waals surface area contributed by atoms with Gasteiger partial charge in [0.2, 0.25) is 0 Å². The fourth-order valence-corrected chi connectivity index (χ4v) is 5.88. The first-order chi connectivity index (χ1) is 15.4. The molecule has 1 heteroatoms. The third-order valence-corrected chi connectivity index (χ3v) is 7.12. The summed E-state index contributed by atoms with van der Waals surface area (Å²) in [6, 6.07) is 35.6. The topological polar surface area (TPSA) is 15.8 Å². The van der Waals surface area contributed by atoms with Crippen molar-refractivity contribution in [2.45, 2.75) is 0 Å². The minimum absolute atomic E-state index is 1.24. The Bertz CT molecular complexity index is 1880. The highest BCUT2D eigenvalue weighted by Crippen LogP contribution is 2.51. The number of nitrogens with one attached hydrogen (secondary N) is 1. The van der Waals surface area contributed by atoms with Crippen LogP contribution in [0.25, 0.3) is 76.4 Å². The number of H-pyrrole nitrogens is 1. The van der Waals surface area contributed by atoms with Crippen LogP contribution in [0.4, 0.5) is 0 Å². The number of hydrogen-bond acceptors (Lipinski definition) is 0. The molecule has 1 nitrogen and oxygen atoms in total. The van der Waals surface area contributed by atoms with Crippen LogP contribution in [0, 0.1) is 0 Å². The van der Waals surface area contributed by atoms with Crippen molar-refractivity contribution in [2.24, 2.45) is 0 Å². The molecule has 0 unspecified atom stereocenters. The molecule has 6 aromatic carbocycles. The normalized spacial score (nSPS) is 12.5. The highest BCUT2D eigenvalue weighted by molar-refractivity contribution is 6.35. The summed E-state index contributed by atoms with van der Waals surface area (Å²) in [4.78, 5) is 3.87. The summed E-state index contributed by atoms with van der Waals surface area (Å²) < 4.78 is 0. The van der Waals surface area contributed by atoms with Crippen LogP contribution in [0.15, 0.2) is 97.1 Å². The Morgan fingerprint density at radius 3 is 1.74 bits per heavy atom. The molecule has 0 amide bonds. The lowest BCUT2D eigenvalue weighted by molar-refractivity contribution is 1.58. The molecule has 0 saturated carbocycles. The van der Waals surface area contributed by atoms with Crippen LogP contribution in [-0.2, 0) is 0 Å². The second-order valence-electron chi connectivity index (χ2n) is 8.59. The number of rotatable bonds is 0. The van der Waals surface area contributed by atoms with E-state index in [2.05, 4.69) is 102 Å². The van der Waals surface area contributed by atoms with Crippen LogP contribution in [-0.4, -0.2) is 4.98 Å². The van der Waals surface area contributed by atoms with Gasteiger partial charge in [0.15, 0.2) is 0 Å². The predicted octanol–water partition coefficient (Wildman–Crippen LogP) is 8.43. The predicted molar refractivity (Wildman–Crippen MR) is 133 cm³/mol. The van der Waals surface area contributed by atoms with Gasteiger partial charge in [0.25, 0.3) is 0 Å². The summed E-state index contributed by atoms with van der Waals surface area (Å²) in [6.45, 7) is 0. The van der Waals surface area contributed by atoms with Crippen LogP contribution in [0.1, 0.15) is 0 Å². The van der Waals surface area contributed by atoms with Crippen LogP contribution in [0.2, 0.25) is 0 Å². The summed E-state index contributed by atoms with van der Waals surface area (Å²) in [5, 5.41) is 10.6. The third-order valence-electron chi connectivity index (χ3n) is 7.12. The number of fused-ring (bicyclic) bond motifs is 12. The van der Waals surface area contributed by atoms with E-state index >= 15 is 0 Å². The first kappa shape index (κ1) is 15.7. The number of aromatic nitrogens is 1. The molecule has 1 heterocycles. The van der Waals surface area contributed by atoms with Gasteiger partial charge in [-0.3, -0.25) is 0 Å². The van der Waals surface area contributed by atoms with Crippen LogP contribution >= 0.6 is 0 Å². The lowest BCUT2D eigenvalue weighted by Gasteiger charge is -2.07. The van der Waals surface area contributed by atoms with Gasteiger partial charge in [-0.25, -0.2) is 0 Å². The second-order valence-corrected chi connectivity index (χ2v) is 8.59. The maximum Gasteiger partial charge on any atom is 0.0551 e. The third kappa shape index (κ3) is 1.79. The summed E-state index contributed by atoms with van der Waals surface area (Å²) in [5.74, 6) is 0. The molecule has 0 saturated heterocycles. The lowest BCUT2D eigenvalue weighted by Crippen LogP contribution is -1.81. The molecular formula is C30H17N. The van der Waals surface area contributed by atoms with E-state index in [9.17, 15) is 0 Å². The molecule has 0 radical (unpaired) electrons. The molecule has 31 heavy (non-hydrogen) atoms. The van der Waals surface area contributed by atoms with Gasteiger partial charge in [-0.2, -0.15) is 0 Å². The minimum Gasteiger partial charge on any atom is -0.353 e. The zero-order valence-corrected chi connectivity index (χ0v) is 16.7. The summed E-state index contributed by atoms with van der Waals surface area (Å²) >= 11 is 0. The van der Waals surface area contributed by atoms with E-state index in [0.717, 1.165) is 0 Å². The molecule has 1 N–H and O–H groups in total.